The number of hydrogen-bond acceptors (Lipinski definition) is 5. The zero-order valence-electron chi connectivity index (χ0n) is 18.4. The first-order valence-corrected chi connectivity index (χ1v) is 11.7. The Morgan fingerprint density at radius 2 is 1.90 bits per heavy atom. The number of hydrogen-bond donors (Lipinski definition) is 1. The summed E-state index contributed by atoms with van der Waals surface area (Å²) in [6.07, 6.45) is 4.22. The average molecular weight is 421 g/mol. The van der Waals surface area contributed by atoms with Crippen LogP contribution in [-0.4, -0.2) is 84.4 Å². The van der Waals surface area contributed by atoms with Gasteiger partial charge >= 0.3 is 0 Å². The third kappa shape index (κ3) is 6.15. The van der Waals surface area contributed by atoms with Crippen molar-refractivity contribution in [1.29, 1.82) is 0 Å². The van der Waals surface area contributed by atoms with Crippen molar-refractivity contribution in [1.82, 2.24) is 25.0 Å². The highest BCUT2D eigenvalue weighted by molar-refractivity contribution is 7.11. The lowest BCUT2D eigenvalue weighted by molar-refractivity contribution is -0.135. The second-order valence-electron chi connectivity index (χ2n) is 8.48. The van der Waals surface area contributed by atoms with Crippen LogP contribution < -0.4 is 5.32 Å². The predicted octanol–water partition coefficient (Wildman–Crippen LogP) is 1.90. The lowest BCUT2D eigenvalue weighted by atomic mass is 9.92. The molecule has 0 spiro atoms. The van der Waals surface area contributed by atoms with Crippen LogP contribution in [0.25, 0.3) is 0 Å². The molecule has 29 heavy (non-hydrogen) atoms. The maximum absolute atomic E-state index is 12.7. The molecule has 8 heteroatoms. The molecule has 0 aromatic carbocycles. The Balaban J connectivity index is 1.43. The van der Waals surface area contributed by atoms with E-state index in [4.69, 9.17) is 0 Å². The first-order chi connectivity index (χ1) is 14.0. The summed E-state index contributed by atoms with van der Waals surface area (Å²) in [6, 6.07) is 0. The summed E-state index contributed by atoms with van der Waals surface area (Å²) in [4.78, 5) is 29.6. The number of amides is 1. The number of nitrogens with one attached hydrogen (secondary N) is 1. The number of guanidine groups is 1. The molecule has 2 fully saturated rings. The molecule has 2 saturated heterocycles. The molecular formula is C21H36N6OS. The van der Waals surface area contributed by atoms with Crippen molar-refractivity contribution >= 4 is 23.2 Å². The van der Waals surface area contributed by atoms with Crippen molar-refractivity contribution in [3.05, 3.63) is 16.1 Å². The number of nitrogens with zero attached hydrogens (tertiary/aromatic N) is 5. The van der Waals surface area contributed by atoms with Gasteiger partial charge in [0.05, 0.1) is 13.1 Å². The van der Waals surface area contributed by atoms with E-state index in [9.17, 15) is 4.79 Å². The molecule has 2 unspecified atom stereocenters. The number of piperidine rings is 1. The van der Waals surface area contributed by atoms with Crippen LogP contribution in [0.4, 0.5) is 0 Å². The van der Waals surface area contributed by atoms with E-state index >= 15 is 0 Å². The van der Waals surface area contributed by atoms with Gasteiger partial charge in [-0.2, -0.15) is 0 Å². The standard InChI is InChI=1S/C21H36N6OS/c1-5-18-11-23-19(29-18)12-24-21(22-4)26-8-6-25(7-9-26)15-20(28)27-13-16(2)10-17(3)14-27/h11,16-17H,5-10,12-15H2,1-4H3,(H,22,24). The molecule has 7 nitrogen and oxygen atoms in total. The predicted molar refractivity (Wildman–Crippen MR) is 119 cm³/mol. The van der Waals surface area contributed by atoms with Crippen molar-refractivity contribution < 1.29 is 4.79 Å². The van der Waals surface area contributed by atoms with Crippen LogP contribution in [-0.2, 0) is 17.8 Å². The number of carbonyl (C=O) groups is 1. The summed E-state index contributed by atoms with van der Waals surface area (Å²) >= 11 is 1.76. The Morgan fingerprint density at radius 1 is 1.21 bits per heavy atom. The monoisotopic (exact) mass is 420 g/mol. The van der Waals surface area contributed by atoms with Crippen LogP contribution in [0.2, 0.25) is 0 Å². The van der Waals surface area contributed by atoms with Crippen molar-refractivity contribution in [3.8, 4) is 0 Å². The van der Waals surface area contributed by atoms with Crippen molar-refractivity contribution in [2.45, 2.75) is 40.2 Å². The van der Waals surface area contributed by atoms with E-state index in [1.54, 1.807) is 11.3 Å². The molecule has 0 aliphatic carbocycles. The fourth-order valence-electron chi connectivity index (χ4n) is 4.36. The molecule has 162 valence electrons. The largest absolute Gasteiger partial charge is 0.350 e. The van der Waals surface area contributed by atoms with Gasteiger partial charge in [0.2, 0.25) is 5.91 Å². The van der Waals surface area contributed by atoms with E-state index < -0.39 is 0 Å². The fraction of sp³-hybridized carbons (Fsp3) is 0.762. The van der Waals surface area contributed by atoms with Gasteiger partial charge < -0.3 is 15.1 Å². The first-order valence-electron chi connectivity index (χ1n) is 10.9. The van der Waals surface area contributed by atoms with E-state index in [0.29, 0.717) is 24.9 Å². The maximum atomic E-state index is 12.7. The van der Waals surface area contributed by atoms with Crippen LogP contribution in [0, 0.1) is 11.8 Å². The molecule has 0 radical (unpaired) electrons. The summed E-state index contributed by atoms with van der Waals surface area (Å²) < 4.78 is 0. The maximum Gasteiger partial charge on any atom is 0.236 e. The van der Waals surface area contributed by atoms with E-state index in [1.165, 1.54) is 11.3 Å². The Kier molecular flexibility index (Phi) is 7.89. The molecule has 2 atom stereocenters. The molecule has 2 aliphatic rings. The Bertz CT molecular complexity index is 687. The summed E-state index contributed by atoms with van der Waals surface area (Å²) in [5.74, 6) is 2.43. The zero-order chi connectivity index (χ0) is 20.8. The summed E-state index contributed by atoms with van der Waals surface area (Å²) in [6.45, 7) is 13.3. The smallest absolute Gasteiger partial charge is 0.236 e. The highest BCUT2D eigenvalue weighted by atomic mass is 32.1. The van der Waals surface area contributed by atoms with Gasteiger partial charge in [-0.05, 0) is 24.7 Å². The third-order valence-corrected chi connectivity index (χ3v) is 6.95. The highest BCUT2D eigenvalue weighted by Gasteiger charge is 2.28. The Morgan fingerprint density at radius 3 is 2.48 bits per heavy atom. The Hall–Kier alpha value is -1.67. The zero-order valence-corrected chi connectivity index (χ0v) is 19.2. The molecule has 3 rings (SSSR count). The van der Waals surface area contributed by atoms with Crippen LogP contribution in [0.3, 0.4) is 0 Å². The number of carbonyl (C=O) groups excluding carboxylic acids is 1. The topological polar surface area (TPSA) is 64.1 Å². The minimum Gasteiger partial charge on any atom is -0.350 e. The molecule has 0 saturated carbocycles. The van der Waals surface area contributed by atoms with Gasteiger partial charge in [0.15, 0.2) is 5.96 Å². The summed E-state index contributed by atoms with van der Waals surface area (Å²) in [7, 11) is 1.83. The normalized spacial score (nSPS) is 24.1. The quantitative estimate of drug-likeness (QED) is 0.582. The molecule has 0 bridgehead atoms. The van der Waals surface area contributed by atoms with Crippen LogP contribution in [0.5, 0.6) is 0 Å². The number of rotatable bonds is 5. The van der Waals surface area contributed by atoms with Crippen molar-refractivity contribution in [2.24, 2.45) is 16.8 Å². The lowest BCUT2D eigenvalue weighted by Gasteiger charge is -2.39. The molecular weight excluding hydrogens is 384 g/mol. The van der Waals surface area contributed by atoms with E-state index in [1.807, 2.05) is 13.2 Å². The van der Waals surface area contributed by atoms with Gasteiger partial charge in [-0.25, -0.2) is 4.98 Å². The first kappa shape index (κ1) is 22.0. The second kappa shape index (κ2) is 10.4. The SMILES string of the molecule is CCc1cnc(CNC(=NC)N2CCN(CC(=O)N3CC(C)CC(C)C3)CC2)s1. The van der Waals surface area contributed by atoms with Gasteiger partial charge in [0.1, 0.15) is 5.01 Å². The summed E-state index contributed by atoms with van der Waals surface area (Å²) in [5.41, 5.74) is 0. The number of thiazole rings is 1. The van der Waals surface area contributed by atoms with E-state index in [2.05, 4.69) is 50.8 Å². The molecule has 1 aromatic rings. The number of aromatic nitrogens is 1. The highest BCUT2D eigenvalue weighted by Crippen LogP contribution is 2.21. The number of aliphatic imine (C=N–C) groups is 1. The number of piperazine rings is 1. The van der Waals surface area contributed by atoms with Crippen LogP contribution >= 0.6 is 11.3 Å². The van der Waals surface area contributed by atoms with Gasteiger partial charge in [-0.3, -0.25) is 14.7 Å². The van der Waals surface area contributed by atoms with E-state index in [-0.39, 0.29) is 5.91 Å². The molecule has 1 N–H and O–H groups in total. The van der Waals surface area contributed by atoms with Gasteiger partial charge in [-0.15, -0.1) is 11.3 Å². The lowest BCUT2D eigenvalue weighted by Crippen LogP contribution is -2.55. The minimum atomic E-state index is 0.287. The van der Waals surface area contributed by atoms with Gasteiger partial charge in [-0.1, -0.05) is 20.8 Å². The minimum absolute atomic E-state index is 0.287. The molecule has 1 amide bonds. The third-order valence-electron chi connectivity index (χ3n) is 5.81. The second-order valence-corrected chi connectivity index (χ2v) is 9.68. The number of likely N-dealkylation sites (tertiary alicyclic amines) is 1. The summed E-state index contributed by atoms with van der Waals surface area (Å²) in [5, 5.41) is 4.53. The Labute approximate surface area is 179 Å². The van der Waals surface area contributed by atoms with Crippen LogP contribution in [0.1, 0.15) is 37.1 Å². The number of aryl methyl sites for hydroxylation is 1. The van der Waals surface area contributed by atoms with E-state index in [0.717, 1.165) is 56.7 Å². The average Bonchev–Trinajstić information content (AvgIpc) is 3.17. The molecule has 2 aliphatic heterocycles. The van der Waals surface area contributed by atoms with Crippen molar-refractivity contribution in [2.75, 3.05) is 52.9 Å². The van der Waals surface area contributed by atoms with Gasteiger partial charge in [0, 0.05) is 57.4 Å². The van der Waals surface area contributed by atoms with Gasteiger partial charge in [0.25, 0.3) is 0 Å². The molecule has 1 aromatic heterocycles. The van der Waals surface area contributed by atoms with Crippen LogP contribution in [0.15, 0.2) is 11.2 Å². The van der Waals surface area contributed by atoms with Crippen molar-refractivity contribution in [3.63, 3.8) is 0 Å². The molecule has 3 heterocycles. The fourth-order valence-corrected chi connectivity index (χ4v) is 5.16.